The van der Waals surface area contributed by atoms with Gasteiger partial charge in [-0.1, -0.05) is 63.9 Å². The van der Waals surface area contributed by atoms with Crippen LogP contribution in [0.3, 0.4) is 0 Å². The fraction of sp³-hybridized carbons (Fsp3) is 0.421. The van der Waals surface area contributed by atoms with Crippen LogP contribution in [0.2, 0.25) is 0 Å². The smallest absolute Gasteiger partial charge is 0.161 e. The van der Waals surface area contributed by atoms with E-state index in [1.807, 2.05) is 37.1 Å². The van der Waals surface area contributed by atoms with Gasteiger partial charge in [0.25, 0.3) is 0 Å². The van der Waals surface area contributed by atoms with Crippen LogP contribution in [0.25, 0.3) is 22.3 Å². The molecule has 1 atom stereocenters. The Morgan fingerprint density at radius 3 is 2.64 bits per heavy atom. The van der Waals surface area contributed by atoms with Gasteiger partial charge in [0.15, 0.2) is 11.6 Å². The summed E-state index contributed by atoms with van der Waals surface area (Å²) in [5.41, 5.74) is 5.97. The SMILES string of the molecule is CCCc1cccc(C2(C)CCCC(C)(C)CSCCc3c(c(F)cc4[nH]ccc34)Cc3ccc(F)c(c3)-c3nc2nn3C)c1. The highest BCUT2D eigenvalue weighted by Crippen LogP contribution is 2.40. The first kappa shape index (κ1) is 31.5. The quantitative estimate of drug-likeness (QED) is 0.217. The molecule has 0 radical (unpaired) electrons. The molecule has 0 amide bonds. The van der Waals surface area contributed by atoms with Crippen LogP contribution in [-0.4, -0.2) is 31.3 Å². The van der Waals surface area contributed by atoms with Gasteiger partial charge in [-0.05, 0) is 102 Å². The molecule has 1 aliphatic rings. The molecule has 3 heterocycles. The Labute approximate surface area is 270 Å². The third-order valence-electron chi connectivity index (χ3n) is 9.56. The molecular weight excluding hydrogens is 583 g/mol. The molecule has 0 saturated heterocycles. The highest BCUT2D eigenvalue weighted by molar-refractivity contribution is 7.99. The van der Waals surface area contributed by atoms with Gasteiger partial charge >= 0.3 is 0 Å². The van der Waals surface area contributed by atoms with E-state index in [4.69, 9.17) is 10.1 Å². The van der Waals surface area contributed by atoms with Gasteiger partial charge in [0.1, 0.15) is 11.6 Å². The average molecular weight is 627 g/mol. The van der Waals surface area contributed by atoms with Gasteiger partial charge in [0, 0.05) is 30.6 Å². The first-order chi connectivity index (χ1) is 21.6. The summed E-state index contributed by atoms with van der Waals surface area (Å²) < 4.78 is 33.0. The number of aromatic nitrogens is 4. The third kappa shape index (κ3) is 6.46. The van der Waals surface area contributed by atoms with Crippen molar-refractivity contribution in [1.29, 1.82) is 0 Å². The summed E-state index contributed by atoms with van der Waals surface area (Å²) in [5.74, 6) is 2.55. The minimum atomic E-state index is -0.438. The highest BCUT2D eigenvalue weighted by Gasteiger charge is 2.35. The number of hydrogen-bond acceptors (Lipinski definition) is 3. The number of H-pyrrole nitrogens is 1. The Morgan fingerprint density at radius 2 is 1.82 bits per heavy atom. The van der Waals surface area contributed by atoms with Crippen molar-refractivity contribution in [1.82, 2.24) is 19.7 Å². The molecule has 1 unspecified atom stereocenters. The van der Waals surface area contributed by atoms with Gasteiger partial charge in [-0.25, -0.2) is 18.4 Å². The molecule has 236 valence electrons. The molecule has 45 heavy (non-hydrogen) atoms. The summed E-state index contributed by atoms with van der Waals surface area (Å²) in [6.07, 6.45) is 8.09. The van der Waals surface area contributed by atoms with Crippen LogP contribution < -0.4 is 0 Å². The molecule has 0 saturated carbocycles. The van der Waals surface area contributed by atoms with Crippen LogP contribution in [0, 0.1) is 17.0 Å². The Balaban J connectivity index is 1.48. The second-order valence-electron chi connectivity index (χ2n) is 13.7. The van der Waals surface area contributed by atoms with Crippen molar-refractivity contribution in [2.24, 2.45) is 12.5 Å². The number of fused-ring (bicyclic) bond motifs is 8. The summed E-state index contributed by atoms with van der Waals surface area (Å²) in [6, 6.07) is 17.5. The lowest BCUT2D eigenvalue weighted by atomic mass is 9.75. The predicted molar refractivity (Wildman–Crippen MR) is 183 cm³/mol. The third-order valence-corrected chi connectivity index (χ3v) is 11.0. The largest absolute Gasteiger partial charge is 0.361 e. The molecular formula is C38H44F2N4S. The van der Waals surface area contributed by atoms with E-state index in [1.165, 1.54) is 17.2 Å². The predicted octanol–water partition coefficient (Wildman–Crippen LogP) is 9.58. The topological polar surface area (TPSA) is 46.5 Å². The maximum absolute atomic E-state index is 15.7. The minimum Gasteiger partial charge on any atom is -0.361 e. The Morgan fingerprint density at radius 1 is 0.978 bits per heavy atom. The minimum absolute atomic E-state index is 0.137. The van der Waals surface area contributed by atoms with Crippen LogP contribution >= 0.6 is 11.8 Å². The van der Waals surface area contributed by atoms with Crippen molar-refractivity contribution in [3.63, 3.8) is 0 Å². The lowest BCUT2D eigenvalue weighted by Crippen LogP contribution is -2.27. The van der Waals surface area contributed by atoms with Gasteiger partial charge in [-0.3, -0.25) is 0 Å². The molecule has 4 nitrogen and oxygen atoms in total. The van der Waals surface area contributed by atoms with Crippen molar-refractivity contribution >= 4 is 22.7 Å². The number of nitrogens with one attached hydrogen (secondary N) is 1. The summed E-state index contributed by atoms with van der Waals surface area (Å²) in [4.78, 5) is 8.26. The zero-order valence-corrected chi connectivity index (χ0v) is 28.0. The normalized spacial score (nSPS) is 19.2. The maximum atomic E-state index is 15.7. The Hall–Kier alpha value is -3.45. The van der Waals surface area contributed by atoms with E-state index in [9.17, 15) is 0 Å². The van der Waals surface area contributed by atoms with Crippen molar-refractivity contribution in [3.8, 4) is 11.4 Å². The van der Waals surface area contributed by atoms with Gasteiger partial charge in [-0.15, -0.1) is 0 Å². The Bertz CT molecular complexity index is 1820. The van der Waals surface area contributed by atoms with Gasteiger partial charge < -0.3 is 4.98 Å². The molecule has 2 aromatic heterocycles. The highest BCUT2D eigenvalue weighted by atomic mass is 32.2. The molecule has 3 aromatic carbocycles. The second-order valence-corrected chi connectivity index (χ2v) is 14.8. The van der Waals surface area contributed by atoms with Crippen LogP contribution in [-0.2, 0) is 31.7 Å². The van der Waals surface area contributed by atoms with E-state index in [0.29, 0.717) is 29.2 Å². The first-order valence-corrected chi connectivity index (χ1v) is 17.4. The van der Waals surface area contributed by atoms with E-state index in [-0.39, 0.29) is 17.0 Å². The molecule has 1 aliphatic heterocycles. The van der Waals surface area contributed by atoms with Crippen LogP contribution in [0.1, 0.15) is 87.0 Å². The number of thioether (sulfide) groups is 1. The van der Waals surface area contributed by atoms with Crippen molar-refractivity contribution in [2.75, 3.05) is 11.5 Å². The number of rotatable bonds is 3. The monoisotopic (exact) mass is 626 g/mol. The van der Waals surface area contributed by atoms with Crippen LogP contribution in [0.15, 0.2) is 60.8 Å². The van der Waals surface area contributed by atoms with Gasteiger partial charge in [0.2, 0.25) is 0 Å². The molecule has 5 aromatic rings. The summed E-state index contributed by atoms with van der Waals surface area (Å²) >= 11 is 1.95. The van der Waals surface area contributed by atoms with Crippen LogP contribution in [0.4, 0.5) is 8.78 Å². The average Bonchev–Trinajstić information content (AvgIpc) is 3.63. The van der Waals surface area contributed by atoms with E-state index >= 15 is 8.78 Å². The molecule has 0 spiro atoms. The lowest BCUT2D eigenvalue weighted by Gasteiger charge is -2.30. The van der Waals surface area contributed by atoms with Gasteiger partial charge in [-0.2, -0.15) is 16.9 Å². The standard InChI is InChI=1S/C38H44F2N4S/c1-6-9-25-10-7-11-27(20-25)38(4)17-8-16-37(2,3)24-45-19-15-28-29-14-18-41-34(29)23-33(40)30(28)21-26-12-13-32(39)31(22-26)35-42-36(38)43-44(35)5/h7,10-14,18,20,22-23,41H,6,8-9,15-17,19,21,24H2,1-5H3. The summed E-state index contributed by atoms with van der Waals surface area (Å²) in [5, 5.41) is 6.01. The number of aryl methyl sites for hydroxylation is 3. The number of nitrogens with zero attached hydrogens (tertiary/aromatic N) is 3. The molecule has 7 heteroatoms. The molecule has 0 fully saturated rings. The lowest BCUT2D eigenvalue weighted by molar-refractivity contribution is 0.342. The van der Waals surface area contributed by atoms with E-state index in [2.05, 4.69) is 56.9 Å². The van der Waals surface area contributed by atoms with Crippen molar-refractivity contribution in [2.45, 2.75) is 78.1 Å². The zero-order valence-electron chi connectivity index (χ0n) is 27.1. The summed E-state index contributed by atoms with van der Waals surface area (Å²) in [7, 11) is 1.84. The number of aromatic amines is 1. The van der Waals surface area contributed by atoms with E-state index < -0.39 is 5.41 Å². The number of halogens is 2. The molecule has 0 aliphatic carbocycles. The molecule has 6 rings (SSSR count). The number of benzene rings is 3. The zero-order chi connectivity index (χ0) is 31.8. The van der Waals surface area contributed by atoms with E-state index in [1.54, 1.807) is 16.8 Å². The fourth-order valence-corrected chi connectivity index (χ4v) is 8.12. The molecule has 1 N–H and O–H groups in total. The van der Waals surface area contributed by atoms with Crippen LogP contribution in [0.5, 0.6) is 0 Å². The fourth-order valence-electron chi connectivity index (χ4n) is 6.93. The van der Waals surface area contributed by atoms with Gasteiger partial charge in [0.05, 0.1) is 11.0 Å². The van der Waals surface area contributed by atoms with E-state index in [0.717, 1.165) is 72.1 Å². The first-order valence-electron chi connectivity index (χ1n) is 16.2. The maximum Gasteiger partial charge on any atom is 0.161 e. The van der Waals surface area contributed by atoms with Crippen molar-refractivity contribution < 1.29 is 8.78 Å². The molecule has 4 bridgehead atoms. The Kier molecular flexibility index (Phi) is 8.93. The second kappa shape index (κ2) is 12.7. The number of hydrogen-bond donors (Lipinski definition) is 1. The summed E-state index contributed by atoms with van der Waals surface area (Å²) in [6.45, 7) is 9.14. The van der Waals surface area contributed by atoms with Crippen molar-refractivity contribution in [3.05, 3.63) is 106 Å².